The molecule has 290 valence electrons. The van der Waals surface area contributed by atoms with Gasteiger partial charge in [0.2, 0.25) is 0 Å². The van der Waals surface area contributed by atoms with E-state index in [9.17, 15) is 0 Å². The Bertz CT molecular complexity index is 3450. The van der Waals surface area contributed by atoms with Gasteiger partial charge in [0.05, 0.1) is 11.0 Å². The first-order valence-electron chi connectivity index (χ1n) is 21.2. The largest absolute Gasteiger partial charge is 0.309 e. The lowest BCUT2D eigenvalue weighted by Crippen LogP contribution is -1.94. The Labute approximate surface area is 365 Å². The molecule has 0 aliphatic heterocycles. The third-order valence-electron chi connectivity index (χ3n) is 12.4. The summed E-state index contributed by atoms with van der Waals surface area (Å²) in [5.41, 5.74) is 18.1. The van der Waals surface area contributed by atoms with Gasteiger partial charge in [-0.3, -0.25) is 0 Å². The standard InChI is InChI=1S/C60H39NS/c1-3-12-40(13-4-1)45-16-9-18-47(36-45)49-30-34-57-55(38-49)56-39-50(48-19-10-17-46(37-48)41-14-5-2-6-15-41)31-35-58(56)61(57)51-32-28-43(29-33-51)42-24-26-44(27-25-42)52-21-11-22-54-53-20-7-8-23-59(53)62-60(52)54/h1-39H. The van der Waals surface area contributed by atoms with Crippen molar-refractivity contribution in [1.82, 2.24) is 4.57 Å². The first-order valence-corrected chi connectivity index (χ1v) is 22.0. The van der Waals surface area contributed by atoms with Crippen LogP contribution in [0.1, 0.15) is 0 Å². The Balaban J connectivity index is 0.941. The molecule has 1 nitrogen and oxygen atoms in total. The molecule has 62 heavy (non-hydrogen) atoms. The maximum absolute atomic E-state index is 2.43. The van der Waals surface area contributed by atoms with Crippen molar-refractivity contribution in [3.63, 3.8) is 0 Å². The van der Waals surface area contributed by atoms with Gasteiger partial charge in [0, 0.05) is 36.6 Å². The van der Waals surface area contributed by atoms with E-state index < -0.39 is 0 Å². The SMILES string of the molecule is c1ccc(-c2cccc(-c3ccc4c(c3)c3cc(-c5cccc(-c6ccccc6)c5)ccc3n4-c3ccc(-c4ccc(-c5cccc6c5sc5ccccc56)cc4)cc3)c2)cc1. The van der Waals surface area contributed by atoms with E-state index in [0.29, 0.717) is 0 Å². The van der Waals surface area contributed by atoms with Crippen LogP contribution in [0.5, 0.6) is 0 Å². The Kier molecular flexibility index (Phi) is 8.76. The fourth-order valence-corrected chi connectivity index (χ4v) is 10.5. The highest BCUT2D eigenvalue weighted by molar-refractivity contribution is 7.26. The topological polar surface area (TPSA) is 4.93 Å². The molecule has 2 heteroatoms. The summed E-state index contributed by atoms with van der Waals surface area (Å²) in [5.74, 6) is 0. The monoisotopic (exact) mass is 805 g/mol. The van der Waals surface area contributed by atoms with Crippen molar-refractivity contribution in [2.24, 2.45) is 0 Å². The van der Waals surface area contributed by atoms with E-state index in [4.69, 9.17) is 0 Å². The molecular formula is C60H39NS. The molecule has 2 heterocycles. The highest BCUT2D eigenvalue weighted by Gasteiger charge is 2.16. The van der Waals surface area contributed by atoms with Crippen molar-refractivity contribution in [3.8, 4) is 72.4 Å². The van der Waals surface area contributed by atoms with E-state index in [-0.39, 0.29) is 0 Å². The van der Waals surface area contributed by atoms with Crippen LogP contribution in [-0.4, -0.2) is 4.57 Å². The highest BCUT2D eigenvalue weighted by atomic mass is 32.1. The molecule has 0 spiro atoms. The summed E-state index contributed by atoms with van der Waals surface area (Å²) in [5, 5.41) is 5.13. The van der Waals surface area contributed by atoms with E-state index in [1.807, 2.05) is 11.3 Å². The molecule has 12 aromatic rings. The summed E-state index contributed by atoms with van der Waals surface area (Å²) in [6.45, 7) is 0. The minimum atomic E-state index is 1.14. The van der Waals surface area contributed by atoms with Crippen LogP contribution >= 0.6 is 11.3 Å². The third-order valence-corrected chi connectivity index (χ3v) is 13.7. The van der Waals surface area contributed by atoms with E-state index >= 15 is 0 Å². The second kappa shape index (κ2) is 15.0. The second-order valence-corrected chi connectivity index (χ2v) is 17.1. The highest BCUT2D eigenvalue weighted by Crippen LogP contribution is 2.41. The fourth-order valence-electron chi connectivity index (χ4n) is 9.30. The zero-order valence-electron chi connectivity index (χ0n) is 33.9. The molecule has 0 fully saturated rings. The van der Waals surface area contributed by atoms with Crippen LogP contribution in [0.25, 0.3) is 114 Å². The van der Waals surface area contributed by atoms with Crippen molar-refractivity contribution in [2.45, 2.75) is 0 Å². The predicted octanol–water partition coefficient (Wildman–Crippen LogP) is 17.2. The zero-order valence-corrected chi connectivity index (χ0v) is 34.7. The first-order chi connectivity index (χ1) is 30.7. The van der Waals surface area contributed by atoms with E-state index in [1.165, 1.54) is 109 Å². The Hall–Kier alpha value is -7.78. The number of fused-ring (bicyclic) bond motifs is 6. The predicted molar refractivity (Wildman–Crippen MR) is 266 cm³/mol. The molecule has 0 unspecified atom stereocenters. The molecule has 0 atom stereocenters. The van der Waals surface area contributed by atoms with E-state index in [2.05, 4.69) is 241 Å². The van der Waals surface area contributed by atoms with Crippen LogP contribution in [0.3, 0.4) is 0 Å². The second-order valence-electron chi connectivity index (χ2n) is 16.1. The van der Waals surface area contributed by atoms with Crippen molar-refractivity contribution in [2.75, 3.05) is 0 Å². The lowest BCUT2D eigenvalue weighted by Gasteiger charge is -2.11. The van der Waals surface area contributed by atoms with Crippen molar-refractivity contribution in [3.05, 3.63) is 237 Å². The van der Waals surface area contributed by atoms with Crippen LogP contribution < -0.4 is 0 Å². The average molecular weight is 806 g/mol. The molecular weight excluding hydrogens is 767 g/mol. The smallest absolute Gasteiger partial charge is 0.0541 e. The molecule has 0 radical (unpaired) electrons. The quantitative estimate of drug-likeness (QED) is 0.151. The van der Waals surface area contributed by atoms with Crippen molar-refractivity contribution >= 4 is 53.3 Å². The van der Waals surface area contributed by atoms with Crippen LogP contribution in [0.4, 0.5) is 0 Å². The molecule has 0 saturated carbocycles. The number of rotatable bonds is 7. The molecule has 0 saturated heterocycles. The van der Waals surface area contributed by atoms with Crippen LogP contribution in [0.2, 0.25) is 0 Å². The molecule has 0 N–H and O–H groups in total. The summed E-state index contributed by atoms with van der Waals surface area (Å²) in [4.78, 5) is 0. The summed E-state index contributed by atoms with van der Waals surface area (Å²) < 4.78 is 5.10. The maximum atomic E-state index is 2.43. The summed E-state index contributed by atoms with van der Waals surface area (Å²) in [6, 6.07) is 86.6. The fraction of sp³-hybridized carbons (Fsp3) is 0. The molecule has 12 rings (SSSR count). The van der Waals surface area contributed by atoms with Crippen LogP contribution in [0.15, 0.2) is 237 Å². The molecule has 0 amide bonds. The number of thiophene rings is 1. The molecule has 0 bridgehead atoms. The number of benzene rings is 10. The Morgan fingerprint density at radius 1 is 0.258 bits per heavy atom. The van der Waals surface area contributed by atoms with Gasteiger partial charge in [0.15, 0.2) is 0 Å². The number of aromatic nitrogens is 1. The van der Waals surface area contributed by atoms with Gasteiger partial charge in [-0.1, -0.05) is 182 Å². The average Bonchev–Trinajstić information content (AvgIpc) is 3.90. The summed E-state index contributed by atoms with van der Waals surface area (Å²) in [7, 11) is 0. The maximum Gasteiger partial charge on any atom is 0.0541 e. The zero-order chi connectivity index (χ0) is 41.0. The van der Waals surface area contributed by atoms with Gasteiger partial charge in [0.25, 0.3) is 0 Å². The summed E-state index contributed by atoms with van der Waals surface area (Å²) >= 11 is 1.88. The number of nitrogens with zero attached hydrogens (tertiary/aromatic N) is 1. The normalized spacial score (nSPS) is 11.5. The number of hydrogen-bond acceptors (Lipinski definition) is 1. The van der Waals surface area contributed by atoms with Crippen LogP contribution in [0, 0.1) is 0 Å². The van der Waals surface area contributed by atoms with E-state index in [1.54, 1.807) is 0 Å². The van der Waals surface area contributed by atoms with Crippen molar-refractivity contribution in [1.29, 1.82) is 0 Å². The molecule has 0 aliphatic carbocycles. The Morgan fingerprint density at radius 3 is 1.24 bits per heavy atom. The molecule has 10 aromatic carbocycles. The number of hydrogen-bond donors (Lipinski definition) is 0. The minimum Gasteiger partial charge on any atom is -0.309 e. The minimum absolute atomic E-state index is 1.14. The molecule has 0 aliphatic rings. The van der Waals surface area contributed by atoms with Gasteiger partial charge >= 0.3 is 0 Å². The van der Waals surface area contributed by atoms with Crippen molar-refractivity contribution < 1.29 is 0 Å². The van der Waals surface area contributed by atoms with Gasteiger partial charge in [-0.05, 0) is 121 Å². The molecule has 2 aromatic heterocycles. The van der Waals surface area contributed by atoms with E-state index in [0.717, 1.165) is 5.69 Å². The van der Waals surface area contributed by atoms with Crippen LogP contribution in [-0.2, 0) is 0 Å². The van der Waals surface area contributed by atoms with Gasteiger partial charge in [-0.25, -0.2) is 0 Å². The Morgan fingerprint density at radius 2 is 0.661 bits per heavy atom. The lowest BCUT2D eigenvalue weighted by atomic mass is 9.96. The van der Waals surface area contributed by atoms with Gasteiger partial charge < -0.3 is 4.57 Å². The van der Waals surface area contributed by atoms with Gasteiger partial charge in [-0.15, -0.1) is 11.3 Å². The van der Waals surface area contributed by atoms with Gasteiger partial charge in [-0.2, -0.15) is 0 Å². The summed E-state index contributed by atoms with van der Waals surface area (Å²) in [6.07, 6.45) is 0. The lowest BCUT2D eigenvalue weighted by molar-refractivity contribution is 1.18. The first kappa shape index (κ1) is 36.1. The third kappa shape index (κ3) is 6.32. The van der Waals surface area contributed by atoms with Gasteiger partial charge in [0.1, 0.15) is 0 Å².